The zero-order chi connectivity index (χ0) is 21.5. The van der Waals surface area contributed by atoms with Crippen molar-refractivity contribution in [2.75, 3.05) is 26.2 Å². The normalized spacial score (nSPS) is 20.1. The van der Waals surface area contributed by atoms with Crippen LogP contribution in [0, 0.1) is 11.8 Å². The first kappa shape index (κ1) is 21.5. The van der Waals surface area contributed by atoms with E-state index in [1.54, 1.807) is 22.8 Å². The Hall–Kier alpha value is -1.71. The molecule has 0 atom stereocenters. The van der Waals surface area contributed by atoms with Gasteiger partial charge in [0.2, 0.25) is 15.9 Å². The van der Waals surface area contributed by atoms with Crippen LogP contribution >= 0.6 is 11.3 Å². The van der Waals surface area contributed by atoms with Crippen molar-refractivity contribution < 1.29 is 13.2 Å². The molecule has 1 amide bonds. The van der Waals surface area contributed by atoms with E-state index < -0.39 is 10.0 Å². The molecule has 2 aromatic rings. The predicted octanol–water partition coefficient (Wildman–Crippen LogP) is 2.74. The van der Waals surface area contributed by atoms with Crippen molar-refractivity contribution in [1.29, 1.82) is 0 Å². The van der Waals surface area contributed by atoms with E-state index in [9.17, 15) is 18.0 Å². The van der Waals surface area contributed by atoms with Gasteiger partial charge in [-0.05, 0) is 56.7 Å². The molecule has 1 aromatic heterocycles. The lowest BCUT2D eigenvalue weighted by Gasteiger charge is -2.36. The third kappa shape index (κ3) is 3.94. The van der Waals surface area contributed by atoms with E-state index in [0.717, 1.165) is 42.8 Å². The highest BCUT2D eigenvalue weighted by Gasteiger charge is 2.34. The number of piperidine rings is 2. The van der Waals surface area contributed by atoms with Gasteiger partial charge in [0.25, 0.3) is 0 Å². The fourth-order valence-corrected chi connectivity index (χ4v) is 7.05. The second kappa shape index (κ2) is 8.43. The van der Waals surface area contributed by atoms with Gasteiger partial charge in [-0.15, -0.1) is 0 Å². The molecule has 0 spiro atoms. The van der Waals surface area contributed by atoms with Gasteiger partial charge < -0.3 is 4.90 Å². The first-order valence-corrected chi connectivity index (χ1v) is 13.0. The van der Waals surface area contributed by atoms with Gasteiger partial charge in [-0.2, -0.15) is 4.31 Å². The Morgan fingerprint density at radius 3 is 2.40 bits per heavy atom. The number of aryl methyl sites for hydroxylation is 1. The Balaban J connectivity index is 1.45. The molecule has 164 valence electrons. The lowest BCUT2D eigenvalue weighted by atomic mass is 9.93. The fourth-order valence-electron chi connectivity index (χ4n) is 4.49. The van der Waals surface area contributed by atoms with Crippen molar-refractivity contribution in [3.63, 3.8) is 0 Å². The Labute approximate surface area is 181 Å². The van der Waals surface area contributed by atoms with E-state index in [1.807, 2.05) is 11.8 Å². The minimum Gasteiger partial charge on any atom is -0.342 e. The van der Waals surface area contributed by atoms with E-state index in [0.29, 0.717) is 43.1 Å². The summed E-state index contributed by atoms with van der Waals surface area (Å²) in [6.45, 7) is 7.02. The maximum atomic E-state index is 13.2. The van der Waals surface area contributed by atoms with E-state index >= 15 is 0 Å². The zero-order valence-corrected chi connectivity index (χ0v) is 19.2. The van der Waals surface area contributed by atoms with Crippen LogP contribution in [0.15, 0.2) is 27.9 Å². The fraction of sp³-hybridized carbons (Fsp3) is 0.619. The molecular formula is C21H29N3O4S2. The molecule has 2 fully saturated rings. The summed E-state index contributed by atoms with van der Waals surface area (Å²) in [6.07, 6.45) is 3.22. The van der Waals surface area contributed by atoms with Gasteiger partial charge in [0.15, 0.2) is 0 Å². The third-order valence-electron chi connectivity index (χ3n) is 6.49. The van der Waals surface area contributed by atoms with Crippen molar-refractivity contribution in [2.45, 2.75) is 51.0 Å². The van der Waals surface area contributed by atoms with Crippen molar-refractivity contribution in [3.8, 4) is 0 Å². The topological polar surface area (TPSA) is 79.7 Å². The van der Waals surface area contributed by atoms with E-state index in [2.05, 4.69) is 6.92 Å². The summed E-state index contributed by atoms with van der Waals surface area (Å²) in [6, 6.07) is 4.91. The summed E-state index contributed by atoms with van der Waals surface area (Å²) < 4.78 is 30.1. The van der Waals surface area contributed by atoms with Crippen LogP contribution in [0.4, 0.5) is 0 Å². The van der Waals surface area contributed by atoms with Crippen LogP contribution in [0.3, 0.4) is 0 Å². The molecule has 0 radical (unpaired) electrons. The summed E-state index contributed by atoms with van der Waals surface area (Å²) in [5, 5.41) is 0. The number of aromatic nitrogens is 1. The molecule has 2 aliphatic heterocycles. The molecule has 1 aromatic carbocycles. The van der Waals surface area contributed by atoms with Crippen LogP contribution in [0.1, 0.15) is 39.5 Å². The number of fused-ring (bicyclic) bond motifs is 1. The number of rotatable bonds is 4. The number of amides is 1. The van der Waals surface area contributed by atoms with Crippen molar-refractivity contribution in [3.05, 3.63) is 27.9 Å². The molecule has 4 rings (SSSR count). The number of sulfonamides is 1. The Morgan fingerprint density at radius 2 is 1.77 bits per heavy atom. The molecule has 0 saturated carbocycles. The molecule has 0 unspecified atom stereocenters. The highest BCUT2D eigenvalue weighted by atomic mass is 32.2. The highest BCUT2D eigenvalue weighted by Crippen LogP contribution is 2.29. The first-order valence-electron chi connectivity index (χ1n) is 10.7. The van der Waals surface area contributed by atoms with E-state index in [1.165, 1.54) is 4.31 Å². The molecule has 0 N–H and O–H groups in total. The number of carbonyl (C=O) groups excluding carboxylic acids is 1. The Bertz CT molecular complexity index is 1090. The average molecular weight is 452 g/mol. The Morgan fingerprint density at radius 1 is 1.10 bits per heavy atom. The van der Waals surface area contributed by atoms with Crippen molar-refractivity contribution >= 4 is 37.5 Å². The van der Waals surface area contributed by atoms with Gasteiger partial charge in [0.05, 0.1) is 15.1 Å². The SMILES string of the molecule is CCn1c(=O)sc2cc(S(=O)(=O)N3CCC(C(=O)N4CCC(C)CC4)CC3)ccc21. The zero-order valence-electron chi connectivity index (χ0n) is 17.5. The summed E-state index contributed by atoms with van der Waals surface area (Å²) >= 11 is 1.07. The minimum atomic E-state index is -3.64. The van der Waals surface area contributed by atoms with Gasteiger partial charge in [-0.3, -0.25) is 14.2 Å². The van der Waals surface area contributed by atoms with Gasteiger partial charge in [-0.25, -0.2) is 8.42 Å². The van der Waals surface area contributed by atoms with Crippen LogP contribution in [0.5, 0.6) is 0 Å². The van der Waals surface area contributed by atoms with E-state index in [4.69, 9.17) is 0 Å². The molecular weight excluding hydrogens is 422 g/mol. The maximum absolute atomic E-state index is 13.2. The van der Waals surface area contributed by atoms with Crippen LogP contribution in [-0.2, 0) is 21.4 Å². The van der Waals surface area contributed by atoms with Crippen LogP contribution < -0.4 is 4.87 Å². The molecule has 30 heavy (non-hydrogen) atoms. The standard InChI is InChI=1S/C21H29N3O4S2/c1-3-24-18-5-4-17(14-19(18)29-21(24)26)30(27,28)23-12-8-16(9-13-23)20(25)22-10-6-15(2)7-11-22/h4-5,14-16H,3,6-13H2,1-2H3. The lowest BCUT2D eigenvalue weighted by Crippen LogP contribution is -2.46. The molecule has 0 aliphatic carbocycles. The number of hydrogen-bond donors (Lipinski definition) is 0. The highest BCUT2D eigenvalue weighted by molar-refractivity contribution is 7.89. The first-order chi connectivity index (χ1) is 14.3. The third-order valence-corrected chi connectivity index (χ3v) is 9.33. The number of carbonyl (C=O) groups is 1. The van der Waals surface area contributed by atoms with Crippen molar-refractivity contribution in [1.82, 2.24) is 13.8 Å². The Kier molecular flexibility index (Phi) is 6.05. The number of thiazole rings is 1. The summed E-state index contributed by atoms with van der Waals surface area (Å²) in [5.41, 5.74) is 0.770. The van der Waals surface area contributed by atoms with Crippen molar-refractivity contribution in [2.24, 2.45) is 11.8 Å². The number of benzene rings is 1. The number of hydrogen-bond acceptors (Lipinski definition) is 5. The lowest BCUT2D eigenvalue weighted by molar-refractivity contribution is -0.138. The molecule has 2 aliphatic rings. The van der Waals surface area contributed by atoms with Gasteiger partial charge >= 0.3 is 4.87 Å². The summed E-state index contributed by atoms with van der Waals surface area (Å²) in [4.78, 5) is 27.0. The van der Waals surface area contributed by atoms with Crippen LogP contribution in [0.2, 0.25) is 0 Å². The smallest absolute Gasteiger partial charge is 0.308 e. The number of likely N-dealkylation sites (tertiary alicyclic amines) is 1. The minimum absolute atomic E-state index is 0.0755. The summed E-state index contributed by atoms with van der Waals surface area (Å²) in [7, 11) is -3.64. The average Bonchev–Trinajstić information content (AvgIpc) is 3.08. The van der Waals surface area contributed by atoms with Gasteiger partial charge in [0, 0.05) is 38.6 Å². The molecule has 3 heterocycles. The van der Waals surface area contributed by atoms with Crippen LogP contribution in [0.25, 0.3) is 10.2 Å². The monoisotopic (exact) mass is 451 g/mol. The second-order valence-electron chi connectivity index (χ2n) is 8.43. The predicted molar refractivity (Wildman–Crippen MR) is 118 cm³/mol. The quantitative estimate of drug-likeness (QED) is 0.716. The second-order valence-corrected chi connectivity index (χ2v) is 11.4. The van der Waals surface area contributed by atoms with Gasteiger partial charge in [-0.1, -0.05) is 18.3 Å². The number of nitrogens with zero attached hydrogens (tertiary/aromatic N) is 3. The van der Waals surface area contributed by atoms with Crippen LogP contribution in [-0.4, -0.2) is 54.3 Å². The van der Waals surface area contributed by atoms with Gasteiger partial charge in [0.1, 0.15) is 0 Å². The largest absolute Gasteiger partial charge is 0.342 e. The molecule has 9 heteroatoms. The summed E-state index contributed by atoms with van der Waals surface area (Å²) in [5.74, 6) is 0.772. The molecule has 0 bridgehead atoms. The van der Waals surface area contributed by atoms with E-state index in [-0.39, 0.29) is 21.6 Å². The molecule has 2 saturated heterocycles. The maximum Gasteiger partial charge on any atom is 0.308 e. The molecule has 7 nitrogen and oxygen atoms in total.